The monoisotopic (exact) mass is 299 g/mol. The van der Waals surface area contributed by atoms with Crippen molar-refractivity contribution in [3.63, 3.8) is 0 Å². The van der Waals surface area contributed by atoms with Crippen LogP contribution in [0.3, 0.4) is 0 Å². The second-order valence-electron chi connectivity index (χ2n) is 4.85. The number of halogens is 1. The van der Waals surface area contributed by atoms with E-state index in [0.717, 1.165) is 11.5 Å². The van der Waals surface area contributed by atoms with Gasteiger partial charge in [-0.2, -0.15) is 10.2 Å². The maximum absolute atomic E-state index is 8.84. The molecular formula is C13H22ClN5O. The van der Waals surface area contributed by atoms with Gasteiger partial charge in [0.25, 0.3) is 0 Å². The number of nitrogens with one attached hydrogen (secondary N) is 1. The number of aromatic nitrogens is 4. The second kappa shape index (κ2) is 7.31. The van der Waals surface area contributed by atoms with Gasteiger partial charge < -0.3 is 10.4 Å². The average molecular weight is 300 g/mol. The van der Waals surface area contributed by atoms with Gasteiger partial charge in [0.1, 0.15) is 5.82 Å². The molecule has 0 atom stereocenters. The lowest BCUT2D eigenvalue weighted by molar-refractivity contribution is 0.269. The fourth-order valence-corrected chi connectivity index (χ4v) is 1.83. The quantitative estimate of drug-likeness (QED) is 0.856. The number of rotatable bonds is 6. The first kappa shape index (κ1) is 16.5. The highest BCUT2D eigenvalue weighted by molar-refractivity contribution is 5.85. The Kier molecular flexibility index (Phi) is 6.04. The molecule has 0 aliphatic heterocycles. The molecule has 20 heavy (non-hydrogen) atoms. The first-order valence-corrected chi connectivity index (χ1v) is 6.53. The van der Waals surface area contributed by atoms with Crippen molar-refractivity contribution in [3.8, 4) is 0 Å². The van der Waals surface area contributed by atoms with Crippen molar-refractivity contribution in [1.29, 1.82) is 0 Å². The maximum Gasteiger partial charge on any atom is 0.148 e. The highest BCUT2D eigenvalue weighted by atomic mass is 35.5. The van der Waals surface area contributed by atoms with Gasteiger partial charge in [-0.1, -0.05) is 0 Å². The molecule has 0 amide bonds. The summed E-state index contributed by atoms with van der Waals surface area (Å²) in [7, 11) is 0. The fraction of sp³-hybridized carbons (Fsp3) is 0.538. The molecule has 0 spiro atoms. The Morgan fingerprint density at radius 2 is 2.10 bits per heavy atom. The molecule has 0 unspecified atom stereocenters. The molecule has 2 rings (SSSR count). The standard InChI is InChI=1S/C13H21N5O.ClH/c1-10(2)18-9-12(11(3)15-18)8-14-13-4-5-17(16-13)6-7-19;/h4-5,9-10,19H,6-8H2,1-3H3,(H,14,16);1H. The topological polar surface area (TPSA) is 67.9 Å². The van der Waals surface area contributed by atoms with E-state index in [1.165, 1.54) is 5.56 Å². The van der Waals surface area contributed by atoms with Crippen LogP contribution < -0.4 is 5.32 Å². The van der Waals surface area contributed by atoms with Crippen LogP contribution in [0, 0.1) is 6.92 Å². The van der Waals surface area contributed by atoms with Crippen molar-refractivity contribution < 1.29 is 5.11 Å². The zero-order valence-electron chi connectivity index (χ0n) is 12.1. The van der Waals surface area contributed by atoms with Gasteiger partial charge in [-0.25, -0.2) is 0 Å². The van der Waals surface area contributed by atoms with E-state index >= 15 is 0 Å². The molecule has 2 aromatic heterocycles. The van der Waals surface area contributed by atoms with E-state index in [9.17, 15) is 0 Å². The summed E-state index contributed by atoms with van der Waals surface area (Å²) < 4.78 is 3.68. The maximum atomic E-state index is 8.84. The van der Waals surface area contributed by atoms with E-state index in [-0.39, 0.29) is 19.0 Å². The smallest absolute Gasteiger partial charge is 0.148 e. The van der Waals surface area contributed by atoms with E-state index in [0.29, 0.717) is 19.1 Å². The van der Waals surface area contributed by atoms with E-state index in [2.05, 4.69) is 35.6 Å². The van der Waals surface area contributed by atoms with Gasteiger partial charge in [0.15, 0.2) is 0 Å². The van der Waals surface area contributed by atoms with Crippen molar-refractivity contribution >= 4 is 18.2 Å². The summed E-state index contributed by atoms with van der Waals surface area (Å²) in [6.07, 6.45) is 3.92. The number of hydrogen-bond acceptors (Lipinski definition) is 4. The van der Waals surface area contributed by atoms with Crippen LogP contribution in [0.2, 0.25) is 0 Å². The molecule has 2 heterocycles. The highest BCUT2D eigenvalue weighted by Crippen LogP contribution is 2.12. The molecule has 0 fully saturated rings. The minimum Gasteiger partial charge on any atom is -0.394 e. The Morgan fingerprint density at radius 1 is 1.35 bits per heavy atom. The molecule has 0 bridgehead atoms. The summed E-state index contributed by atoms with van der Waals surface area (Å²) in [6.45, 7) is 7.56. The summed E-state index contributed by atoms with van der Waals surface area (Å²) in [5.74, 6) is 0.810. The molecule has 0 aromatic carbocycles. The number of nitrogens with zero attached hydrogens (tertiary/aromatic N) is 4. The summed E-state index contributed by atoms with van der Waals surface area (Å²) in [4.78, 5) is 0. The van der Waals surface area contributed by atoms with E-state index < -0.39 is 0 Å². The lowest BCUT2D eigenvalue weighted by Gasteiger charge is -2.03. The average Bonchev–Trinajstić information content (AvgIpc) is 2.94. The molecule has 0 saturated carbocycles. The van der Waals surface area contributed by atoms with E-state index in [1.807, 2.05) is 23.9 Å². The van der Waals surface area contributed by atoms with Gasteiger partial charge in [-0.05, 0) is 20.8 Å². The molecule has 0 aliphatic carbocycles. The van der Waals surface area contributed by atoms with Crippen molar-refractivity contribution in [2.75, 3.05) is 11.9 Å². The van der Waals surface area contributed by atoms with E-state index in [1.54, 1.807) is 4.68 Å². The SMILES string of the molecule is Cc1nn(C(C)C)cc1CNc1ccn(CCO)n1.Cl. The Morgan fingerprint density at radius 3 is 2.70 bits per heavy atom. The van der Waals surface area contributed by atoms with Crippen molar-refractivity contribution in [3.05, 3.63) is 29.7 Å². The summed E-state index contributed by atoms with van der Waals surface area (Å²) in [6, 6.07) is 2.27. The van der Waals surface area contributed by atoms with Gasteiger partial charge in [0, 0.05) is 36.6 Å². The van der Waals surface area contributed by atoms with Gasteiger partial charge in [-0.15, -0.1) is 12.4 Å². The fourth-order valence-electron chi connectivity index (χ4n) is 1.83. The van der Waals surface area contributed by atoms with Crippen molar-refractivity contribution in [2.45, 2.75) is 39.9 Å². The van der Waals surface area contributed by atoms with Gasteiger partial charge in [-0.3, -0.25) is 9.36 Å². The normalized spacial score (nSPS) is 10.7. The first-order valence-electron chi connectivity index (χ1n) is 6.53. The lowest BCUT2D eigenvalue weighted by atomic mass is 10.2. The number of anilines is 1. The van der Waals surface area contributed by atoms with E-state index in [4.69, 9.17) is 5.11 Å². The van der Waals surface area contributed by atoms with Crippen LogP contribution in [-0.2, 0) is 13.1 Å². The molecule has 0 aliphatic rings. The molecule has 7 heteroatoms. The Labute approximate surface area is 125 Å². The minimum absolute atomic E-state index is 0. The number of aliphatic hydroxyl groups is 1. The van der Waals surface area contributed by atoms with Crippen LogP contribution in [0.25, 0.3) is 0 Å². The third-order valence-corrected chi connectivity index (χ3v) is 2.98. The first-order chi connectivity index (χ1) is 9.10. The number of hydrogen-bond donors (Lipinski definition) is 2. The number of aryl methyl sites for hydroxylation is 1. The predicted octanol–water partition coefficient (Wildman–Crippen LogP) is 2.00. The van der Waals surface area contributed by atoms with Crippen molar-refractivity contribution in [2.24, 2.45) is 0 Å². The van der Waals surface area contributed by atoms with Crippen LogP contribution in [0.5, 0.6) is 0 Å². The largest absolute Gasteiger partial charge is 0.394 e. The molecule has 6 nitrogen and oxygen atoms in total. The van der Waals surface area contributed by atoms with Gasteiger partial charge in [0.2, 0.25) is 0 Å². The minimum atomic E-state index is 0. The van der Waals surface area contributed by atoms with Crippen molar-refractivity contribution in [1.82, 2.24) is 19.6 Å². The Bertz CT molecular complexity index is 535. The highest BCUT2D eigenvalue weighted by Gasteiger charge is 2.07. The number of aliphatic hydroxyl groups excluding tert-OH is 1. The third-order valence-electron chi connectivity index (χ3n) is 2.98. The molecular weight excluding hydrogens is 278 g/mol. The van der Waals surface area contributed by atoms with Gasteiger partial charge >= 0.3 is 0 Å². The molecule has 2 N–H and O–H groups in total. The zero-order chi connectivity index (χ0) is 13.8. The Balaban J connectivity index is 0.00000200. The van der Waals surface area contributed by atoms with Crippen LogP contribution in [-0.4, -0.2) is 31.3 Å². The molecule has 112 valence electrons. The lowest BCUT2D eigenvalue weighted by Crippen LogP contribution is -2.05. The van der Waals surface area contributed by atoms with Gasteiger partial charge in [0.05, 0.1) is 18.8 Å². The second-order valence-corrected chi connectivity index (χ2v) is 4.85. The zero-order valence-corrected chi connectivity index (χ0v) is 12.9. The Hall–Kier alpha value is -1.53. The molecule has 2 aromatic rings. The molecule has 0 radical (unpaired) electrons. The summed E-state index contributed by atoms with van der Waals surface area (Å²) >= 11 is 0. The van der Waals surface area contributed by atoms with Crippen LogP contribution in [0.4, 0.5) is 5.82 Å². The van der Waals surface area contributed by atoms with Crippen LogP contribution in [0.1, 0.15) is 31.1 Å². The molecule has 0 saturated heterocycles. The van der Waals surface area contributed by atoms with Crippen LogP contribution >= 0.6 is 12.4 Å². The van der Waals surface area contributed by atoms with Crippen LogP contribution in [0.15, 0.2) is 18.5 Å². The summed E-state index contributed by atoms with van der Waals surface area (Å²) in [5, 5.41) is 20.9. The summed E-state index contributed by atoms with van der Waals surface area (Å²) in [5.41, 5.74) is 2.21. The third kappa shape index (κ3) is 3.98. The predicted molar refractivity (Wildman–Crippen MR) is 81.2 cm³/mol.